The zero-order valence-corrected chi connectivity index (χ0v) is 66.8. The minimum absolute atomic E-state index is 0. The molecule has 9 aromatic rings. The molecule has 0 spiro atoms. The number of rotatable bonds is 18. The summed E-state index contributed by atoms with van der Waals surface area (Å²) in [6.07, 6.45) is 16.3. The Bertz CT molecular complexity index is 4260. The van der Waals surface area contributed by atoms with E-state index < -0.39 is 48.9 Å². The molecule has 1 aliphatic heterocycles. The lowest BCUT2D eigenvalue weighted by molar-refractivity contribution is 0.0438. The molecule has 5 aliphatic carbocycles. The van der Waals surface area contributed by atoms with Crippen LogP contribution in [0.3, 0.4) is 0 Å². The van der Waals surface area contributed by atoms with Gasteiger partial charge in [0.05, 0.1) is 85.9 Å². The summed E-state index contributed by atoms with van der Waals surface area (Å²) in [7, 11) is -1.00. The van der Waals surface area contributed by atoms with E-state index in [1.807, 2.05) is 145 Å². The van der Waals surface area contributed by atoms with Crippen molar-refractivity contribution in [1.82, 2.24) is 80.5 Å². The highest BCUT2D eigenvalue weighted by Gasteiger charge is 2.39. The van der Waals surface area contributed by atoms with Crippen molar-refractivity contribution in [2.45, 2.75) is 249 Å². The Hall–Kier alpha value is -9.96. The Morgan fingerprint density at radius 1 is 0.487 bits per heavy atom. The first kappa shape index (κ1) is 87.0. The van der Waals surface area contributed by atoms with Gasteiger partial charge in [-0.05, 0) is 177 Å². The predicted molar refractivity (Wildman–Crippen MR) is 420 cm³/mol. The maximum atomic E-state index is 12.4. The predicted octanol–water partition coefficient (Wildman–Crippen LogP) is 12.3. The van der Waals surface area contributed by atoms with Crippen LogP contribution in [0.25, 0.3) is 22.6 Å². The number of halogens is 2. The fraction of sp³-hybridized carbons (Fsp3) is 0.525. The number of ketones is 1. The van der Waals surface area contributed by atoms with Gasteiger partial charge in [0.15, 0.2) is 28.7 Å². The number of nitrogens with one attached hydrogen (secondary N) is 4. The molecule has 7 aromatic heterocycles. The number of carbonyl (C=O) groups excluding carboxylic acids is 5. The number of ether oxygens (including phenoxy) is 3. The monoisotopic (exact) mass is 1590 g/mol. The molecule has 1 saturated heterocycles. The molecule has 10 N–H and O–H groups in total. The molecular weight excluding hydrogens is 1480 g/mol. The van der Waals surface area contributed by atoms with Crippen molar-refractivity contribution >= 4 is 42.2 Å². The fourth-order valence-electron chi connectivity index (χ4n) is 13.4. The second kappa shape index (κ2) is 41.2. The van der Waals surface area contributed by atoms with Crippen molar-refractivity contribution in [3.63, 3.8) is 0 Å². The molecule has 15 rings (SSSR count). The summed E-state index contributed by atoms with van der Waals surface area (Å²) in [4.78, 5) is 59.4. The lowest BCUT2D eigenvalue weighted by Gasteiger charge is -2.37. The van der Waals surface area contributed by atoms with Crippen LogP contribution < -0.4 is 27.0 Å². The summed E-state index contributed by atoms with van der Waals surface area (Å²) in [6.45, 7) is 21.5. The van der Waals surface area contributed by atoms with E-state index in [4.69, 9.17) is 30.4 Å². The number of amides is 4. The molecule has 113 heavy (non-hydrogen) atoms. The number of carbonyl (C=O) groups is 5. The Labute approximate surface area is 665 Å². The van der Waals surface area contributed by atoms with E-state index in [0.29, 0.717) is 29.3 Å². The second-order valence-electron chi connectivity index (χ2n) is 30.8. The van der Waals surface area contributed by atoms with Gasteiger partial charge in [-0.1, -0.05) is 71.0 Å². The van der Waals surface area contributed by atoms with E-state index in [-0.39, 0.29) is 95.8 Å². The van der Waals surface area contributed by atoms with Crippen molar-refractivity contribution in [1.29, 1.82) is 0 Å². The molecule has 31 nitrogen and oxygen atoms in total. The minimum Gasteiger partial charge on any atom is -0.444 e. The normalized spacial score (nSPS) is 22.2. The number of hydrogen-bond acceptors (Lipinski definition) is 22. The molecule has 4 atom stereocenters. The summed E-state index contributed by atoms with van der Waals surface area (Å²) in [5.41, 5.74) is 10.9. The summed E-state index contributed by atoms with van der Waals surface area (Å²) in [6, 6.07) is 33.2. The molecule has 0 radical (unpaired) electrons. The molecule has 33 heteroatoms. The molecule has 2 aromatic carbocycles. The van der Waals surface area contributed by atoms with Crippen LogP contribution in [-0.4, -0.2) is 171 Å². The van der Waals surface area contributed by atoms with Gasteiger partial charge < -0.3 is 70.7 Å². The van der Waals surface area contributed by atoms with Crippen molar-refractivity contribution in [2.24, 2.45) is 5.73 Å². The van der Waals surface area contributed by atoms with Crippen LogP contribution in [0.2, 0.25) is 0 Å². The average molecular weight is 1590 g/mol. The second-order valence-corrected chi connectivity index (χ2v) is 30.8. The first-order chi connectivity index (χ1) is 53.8. The summed E-state index contributed by atoms with van der Waals surface area (Å²) < 4.78 is 50.6. The molecule has 2 unspecified atom stereocenters. The van der Waals surface area contributed by atoms with Gasteiger partial charge in [0.25, 0.3) is 11.8 Å². The number of aliphatic hydroxyl groups is 4. The van der Waals surface area contributed by atoms with E-state index in [0.717, 1.165) is 111 Å². The van der Waals surface area contributed by atoms with E-state index in [9.17, 15) is 48.8 Å². The molecule has 4 amide bonds. The van der Waals surface area contributed by atoms with Gasteiger partial charge in [-0.25, -0.2) is 9.59 Å². The van der Waals surface area contributed by atoms with E-state index >= 15 is 0 Å². The lowest BCUT2D eigenvalue weighted by Crippen LogP contribution is -2.47. The number of Topliss-reactive ketones (excluding diaryl/α,β-unsaturated/α-hetero) is 1. The Balaban J connectivity index is 0.000000176. The number of benzene rings is 2. The van der Waals surface area contributed by atoms with Crippen molar-refractivity contribution < 1.29 is 73.4 Å². The quantitative estimate of drug-likeness (QED) is 0.0360. The molecule has 614 valence electrons. The van der Waals surface area contributed by atoms with Gasteiger partial charge in [0, 0.05) is 105 Å². The van der Waals surface area contributed by atoms with Crippen molar-refractivity contribution in [3.05, 3.63) is 174 Å². The first-order valence-electron chi connectivity index (χ1n) is 38.8. The van der Waals surface area contributed by atoms with Crippen LogP contribution >= 0.6 is 12.4 Å². The highest BCUT2D eigenvalue weighted by Crippen LogP contribution is 2.39. The SMILES string of the molecule is C1CCOC1.CC(=O)c1ccnn1C1CC(NC(=O)OC(C)(C)C)C1.CC(O)c1ccnn1C1CC(N)C1.CC(O)c1ccnn1C1CC(NC(=O)OC(C)(C)C)C1.C[C@@H](O)c1ccnn1C1CC(NC(=O)c2cc(-c3ccccc3)on2)C1.C[C@H](O)c1ccnn1C1CC(NC(=O)c2cc(-c3ccccc3)on2)C1.Cl.[2H]CF. The maximum absolute atomic E-state index is 12.4. The van der Waals surface area contributed by atoms with Gasteiger partial charge in [0.2, 0.25) is 0 Å². The van der Waals surface area contributed by atoms with E-state index in [2.05, 4.69) is 57.1 Å². The average Bonchev–Trinajstić information content (AvgIpc) is 1.60. The fourth-order valence-corrected chi connectivity index (χ4v) is 13.4. The Kier molecular flexibility index (Phi) is 31.7. The number of hydrogen-bond donors (Lipinski definition) is 9. The third kappa shape index (κ3) is 25.3. The lowest BCUT2D eigenvalue weighted by atomic mass is 9.86. The van der Waals surface area contributed by atoms with Gasteiger partial charge in [0.1, 0.15) is 16.9 Å². The third-order valence-corrected chi connectivity index (χ3v) is 19.4. The largest absolute Gasteiger partial charge is 0.444 e. The highest BCUT2D eigenvalue weighted by molar-refractivity contribution is 5.94. The van der Waals surface area contributed by atoms with Crippen molar-refractivity contribution in [3.8, 4) is 22.6 Å². The molecular formula is C80H111ClFN17O14. The summed E-state index contributed by atoms with van der Waals surface area (Å²) >= 11 is 0. The number of nitrogens with zero attached hydrogens (tertiary/aromatic N) is 12. The van der Waals surface area contributed by atoms with Gasteiger partial charge >= 0.3 is 12.2 Å². The summed E-state index contributed by atoms with van der Waals surface area (Å²) in [5, 5.41) is 79.2. The zero-order chi connectivity index (χ0) is 81.7. The molecule has 5 saturated carbocycles. The number of alkyl carbamates (subject to hydrolysis) is 2. The van der Waals surface area contributed by atoms with Crippen molar-refractivity contribution in [2.75, 3.05) is 20.4 Å². The van der Waals surface area contributed by atoms with Crippen LogP contribution in [0.1, 0.15) is 263 Å². The minimum atomic E-state index is -1.00. The van der Waals surface area contributed by atoms with E-state index in [1.165, 1.54) is 19.8 Å². The standard InChI is InChI=1S/2C19H20N4O3.C14H23N3O3.C14H21N3O3.C9H15N3O.C4H8O.CH3F.ClH/c2*1-12(24)17-7-8-20-23(17)15-9-14(10-15)21-19(25)16-11-18(26-22-16)13-5-3-2-4-6-13;2*1-9(18)12-5-6-15-17(12)11-7-10(8-11)16-13(19)20-14(2,3)4;1-6(13)9-2-3-11-12(9)8-4-7(10)5-8;1-2-4-5-3-1;1-2;/h2*2-8,11-12,14-15,24H,9-10H2,1H3,(H,21,25);5-6,9-11,18H,7-8H2,1-4H3,(H,16,19);5-6,10-11H,7-8H2,1-4H3,(H,16,19);2-3,6-8,13H,4-5,10H2,1H3;1-4H2;1H3;1H/t2*12-,14?,15?;;;;;;/m10....../s1/i;;;;;;1D;. The molecule has 0 bridgehead atoms. The van der Waals surface area contributed by atoms with Crippen LogP contribution in [0.4, 0.5) is 14.0 Å². The molecule has 6 aliphatic rings. The molecule has 8 heterocycles. The van der Waals surface area contributed by atoms with Gasteiger partial charge in [-0.15, -0.1) is 12.4 Å². The van der Waals surface area contributed by atoms with Gasteiger partial charge in [-0.2, -0.15) is 25.5 Å². The van der Waals surface area contributed by atoms with Crippen LogP contribution in [0.5, 0.6) is 0 Å². The maximum Gasteiger partial charge on any atom is 0.407 e. The van der Waals surface area contributed by atoms with E-state index in [1.54, 1.807) is 81.6 Å². The number of nitrogens with two attached hydrogens (primary N) is 1. The number of alkyl halides is 1. The Morgan fingerprint density at radius 2 is 0.779 bits per heavy atom. The first-order valence-corrected chi connectivity index (χ1v) is 38.1. The van der Waals surface area contributed by atoms with Crippen LogP contribution in [0, 0.1) is 0 Å². The smallest absolute Gasteiger partial charge is 0.407 e. The number of aliphatic hydroxyl groups excluding tert-OH is 4. The third-order valence-electron chi connectivity index (χ3n) is 19.4. The van der Waals surface area contributed by atoms with Crippen LogP contribution in [0.15, 0.2) is 143 Å². The van der Waals surface area contributed by atoms with Gasteiger partial charge in [-0.3, -0.25) is 42.2 Å². The van der Waals surface area contributed by atoms with Crippen LogP contribution in [-0.2, 0) is 14.2 Å². The summed E-state index contributed by atoms with van der Waals surface area (Å²) in [5.74, 6) is 0.665. The Morgan fingerprint density at radius 3 is 1.06 bits per heavy atom. The molecule has 6 fully saturated rings. The topological polar surface area (TPSA) is 409 Å². The number of aromatic nitrogens is 12. The highest BCUT2D eigenvalue weighted by atomic mass is 35.5. The zero-order valence-electron chi connectivity index (χ0n) is 67.0.